The summed E-state index contributed by atoms with van der Waals surface area (Å²) < 4.78 is 0. The molecular formula is C12H20N6O2. The number of rotatable bonds is 7. The van der Waals surface area contributed by atoms with Gasteiger partial charge in [0.15, 0.2) is 0 Å². The highest BCUT2D eigenvalue weighted by Gasteiger charge is 2.13. The van der Waals surface area contributed by atoms with Crippen LogP contribution in [-0.4, -0.2) is 46.2 Å². The average molecular weight is 280 g/mol. The number of hydrogen-bond donors (Lipinski definition) is 5. The minimum Gasteiger partial charge on any atom is -0.480 e. The van der Waals surface area contributed by atoms with E-state index in [1.54, 1.807) is 24.7 Å². The SMILES string of the molecule is N=CN.NCCCC(N=C/C=C/c1cnc[nH]1)C(=O)O. The van der Waals surface area contributed by atoms with E-state index in [1.807, 2.05) is 0 Å². The lowest BCUT2D eigenvalue weighted by atomic mass is 10.1. The topological polar surface area (TPSA) is 154 Å². The quantitative estimate of drug-likeness (QED) is 0.357. The molecule has 0 aromatic carbocycles. The van der Waals surface area contributed by atoms with Crippen LogP contribution >= 0.6 is 0 Å². The van der Waals surface area contributed by atoms with Crippen LogP contribution in [0.4, 0.5) is 0 Å². The van der Waals surface area contributed by atoms with Gasteiger partial charge in [-0.3, -0.25) is 10.4 Å². The maximum Gasteiger partial charge on any atom is 0.328 e. The summed E-state index contributed by atoms with van der Waals surface area (Å²) in [5, 5.41) is 14.7. The number of carboxylic acids is 1. The highest BCUT2D eigenvalue weighted by atomic mass is 16.4. The standard InChI is InChI=1S/C11H16N4O2.CH4N2/c12-5-1-4-10(11(16)17)14-6-2-3-9-7-13-8-15-9;2-1-3/h2-3,6-8,10H,1,4-5,12H2,(H,13,15)(H,16,17);1H,(H3,2,3)/b3-2+,14-6?;. The highest BCUT2D eigenvalue weighted by Crippen LogP contribution is 2.01. The number of aliphatic imine (C=N–C) groups is 1. The van der Waals surface area contributed by atoms with E-state index in [-0.39, 0.29) is 0 Å². The number of hydrogen-bond acceptors (Lipinski definition) is 5. The van der Waals surface area contributed by atoms with Crippen LogP contribution < -0.4 is 11.5 Å². The van der Waals surface area contributed by atoms with E-state index < -0.39 is 12.0 Å². The van der Waals surface area contributed by atoms with E-state index in [4.69, 9.17) is 16.2 Å². The third-order valence-electron chi connectivity index (χ3n) is 2.11. The van der Waals surface area contributed by atoms with Gasteiger partial charge in [0, 0.05) is 6.21 Å². The minimum absolute atomic E-state index is 0.459. The predicted molar refractivity (Wildman–Crippen MR) is 78.8 cm³/mol. The van der Waals surface area contributed by atoms with Gasteiger partial charge in [0.1, 0.15) is 6.04 Å². The van der Waals surface area contributed by atoms with Crippen molar-refractivity contribution < 1.29 is 9.90 Å². The first-order valence-corrected chi connectivity index (χ1v) is 5.97. The van der Waals surface area contributed by atoms with Crippen molar-refractivity contribution in [2.24, 2.45) is 16.5 Å². The number of H-pyrrole nitrogens is 1. The third-order valence-corrected chi connectivity index (χ3v) is 2.11. The first-order chi connectivity index (χ1) is 9.65. The number of carbonyl (C=O) groups is 1. The molecule has 1 heterocycles. The second-order valence-electron chi connectivity index (χ2n) is 3.62. The maximum atomic E-state index is 10.8. The lowest BCUT2D eigenvalue weighted by Gasteiger charge is -2.04. The second-order valence-corrected chi connectivity index (χ2v) is 3.62. The number of nitrogens with one attached hydrogen (secondary N) is 2. The molecule has 1 aromatic heterocycles. The fraction of sp³-hybridized carbons (Fsp3) is 0.333. The van der Waals surface area contributed by atoms with Gasteiger partial charge in [-0.15, -0.1) is 0 Å². The molecule has 1 aromatic rings. The van der Waals surface area contributed by atoms with Crippen LogP contribution in [0.25, 0.3) is 6.08 Å². The average Bonchev–Trinajstić information content (AvgIpc) is 2.91. The number of aliphatic carboxylic acids is 1. The molecule has 0 saturated carbocycles. The lowest BCUT2D eigenvalue weighted by molar-refractivity contribution is -0.138. The lowest BCUT2D eigenvalue weighted by Crippen LogP contribution is -2.19. The van der Waals surface area contributed by atoms with Crippen LogP contribution in [0, 0.1) is 5.41 Å². The van der Waals surface area contributed by atoms with Crippen molar-refractivity contribution in [1.29, 1.82) is 5.41 Å². The van der Waals surface area contributed by atoms with Gasteiger partial charge < -0.3 is 21.6 Å². The zero-order valence-corrected chi connectivity index (χ0v) is 11.1. The van der Waals surface area contributed by atoms with Gasteiger partial charge in [0.25, 0.3) is 0 Å². The number of carboxylic acid groups (broad SMARTS) is 1. The molecule has 0 aliphatic carbocycles. The Morgan fingerprint density at radius 1 is 1.65 bits per heavy atom. The zero-order chi connectivity index (χ0) is 15.2. The molecular weight excluding hydrogens is 260 g/mol. The Balaban J connectivity index is 0.00000110. The second kappa shape index (κ2) is 11.6. The monoisotopic (exact) mass is 280 g/mol. The fourth-order valence-electron chi connectivity index (χ4n) is 1.23. The molecule has 8 heteroatoms. The molecule has 1 unspecified atom stereocenters. The van der Waals surface area contributed by atoms with Crippen molar-refractivity contribution in [1.82, 2.24) is 9.97 Å². The summed E-state index contributed by atoms with van der Waals surface area (Å²) in [5.74, 6) is -0.926. The molecule has 0 saturated heterocycles. The number of nitrogens with zero attached hydrogens (tertiary/aromatic N) is 2. The summed E-state index contributed by atoms with van der Waals surface area (Å²) in [6.07, 6.45) is 10.0. The summed E-state index contributed by atoms with van der Waals surface area (Å²) in [7, 11) is 0. The first kappa shape index (κ1) is 17.5. The van der Waals surface area contributed by atoms with Crippen LogP contribution in [0.1, 0.15) is 18.5 Å². The molecule has 0 aliphatic rings. The van der Waals surface area contributed by atoms with Crippen LogP contribution in [0.5, 0.6) is 0 Å². The Kier molecular flexibility index (Phi) is 10.2. The van der Waals surface area contributed by atoms with Crippen LogP contribution in [-0.2, 0) is 4.79 Å². The van der Waals surface area contributed by atoms with E-state index in [0.29, 0.717) is 19.4 Å². The predicted octanol–water partition coefficient (Wildman–Crippen LogP) is 0.238. The van der Waals surface area contributed by atoms with Crippen molar-refractivity contribution in [2.75, 3.05) is 6.54 Å². The molecule has 0 bridgehead atoms. The Morgan fingerprint density at radius 3 is 2.85 bits per heavy atom. The number of nitrogens with two attached hydrogens (primary N) is 2. The van der Waals surface area contributed by atoms with Crippen molar-refractivity contribution in [3.8, 4) is 0 Å². The van der Waals surface area contributed by atoms with E-state index in [9.17, 15) is 4.79 Å². The van der Waals surface area contributed by atoms with Gasteiger partial charge >= 0.3 is 5.97 Å². The van der Waals surface area contributed by atoms with Gasteiger partial charge in [0.2, 0.25) is 0 Å². The summed E-state index contributed by atoms with van der Waals surface area (Å²) in [4.78, 5) is 21.5. The Bertz CT molecular complexity index is 427. The summed E-state index contributed by atoms with van der Waals surface area (Å²) >= 11 is 0. The van der Waals surface area contributed by atoms with E-state index >= 15 is 0 Å². The molecule has 110 valence electrons. The summed E-state index contributed by atoms with van der Waals surface area (Å²) in [6.45, 7) is 0.475. The zero-order valence-electron chi connectivity index (χ0n) is 11.1. The Labute approximate surface area is 117 Å². The van der Waals surface area contributed by atoms with Crippen molar-refractivity contribution in [2.45, 2.75) is 18.9 Å². The molecule has 1 atom stereocenters. The number of allylic oxidation sites excluding steroid dienone is 1. The summed E-state index contributed by atoms with van der Waals surface area (Å²) in [6, 6.07) is -0.718. The van der Waals surface area contributed by atoms with Crippen LogP contribution in [0.15, 0.2) is 23.6 Å². The molecule has 1 rings (SSSR count). The van der Waals surface area contributed by atoms with E-state index in [2.05, 4.69) is 20.7 Å². The van der Waals surface area contributed by atoms with Gasteiger partial charge in [-0.1, -0.05) is 0 Å². The normalized spacial score (nSPS) is 12.1. The van der Waals surface area contributed by atoms with Crippen LogP contribution in [0.3, 0.4) is 0 Å². The van der Waals surface area contributed by atoms with Gasteiger partial charge in [0.05, 0.1) is 24.6 Å². The molecule has 0 fully saturated rings. The molecule has 8 nitrogen and oxygen atoms in total. The maximum absolute atomic E-state index is 10.8. The van der Waals surface area contributed by atoms with Crippen molar-refractivity contribution in [3.63, 3.8) is 0 Å². The number of aromatic amines is 1. The van der Waals surface area contributed by atoms with Crippen molar-refractivity contribution >= 4 is 24.6 Å². The number of imidazole rings is 1. The largest absolute Gasteiger partial charge is 0.480 e. The first-order valence-electron chi connectivity index (χ1n) is 5.97. The Hall–Kier alpha value is -2.48. The molecule has 0 radical (unpaired) electrons. The molecule has 20 heavy (non-hydrogen) atoms. The summed E-state index contributed by atoms with van der Waals surface area (Å²) in [5.41, 5.74) is 10.6. The highest BCUT2D eigenvalue weighted by molar-refractivity contribution is 5.81. The number of aromatic nitrogens is 2. The molecule has 0 amide bonds. The van der Waals surface area contributed by atoms with Gasteiger partial charge in [-0.2, -0.15) is 0 Å². The smallest absolute Gasteiger partial charge is 0.328 e. The third kappa shape index (κ3) is 8.59. The molecule has 7 N–H and O–H groups in total. The van der Waals surface area contributed by atoms with E-state index in [1.165, 1.54) is 6.21 Å². The minimum atomic E-state index is -0.926. The molecule has 0 aliphatic heterocycles. The van der Waals surface area contributed by atoms with Crippen LogP contribution in [0.2, 0.25) is 0 Å². The fourth-order valence-corrected chi connectivity index (χ4v) is 1.23. The van der Waals surface area contributed by atoms with Crippen molar-refractivity contribution in [3.05, 3.63) is 24.3 Å². The van der Waals surface area contributed by atoms with Gasteiger partial charge in [-0.25, -0.2) is 9.78 Å². The molecule has 0 spiro atoms. The van der Waals surface area contributed by atoms with Gasteiger partial charge in [-0.05, 0) is 31.5 Å². The Morgan fingerprint density at radius 2 is 2.35 bits per heavy atom. The van der Waals surface area contributed by atoms with E-state index in [0.717, 1.165) is 12.0 Å².